The lowest BCUT2D eigenvalue weighted by Gasteiger charge is -2.34. The Labute approximate surface area is 114 Å². The van der Waals surface area contributed by atoms with Crippen molar-refractivity contribution >= 4 is 11.7 Å². The van der Waals surface area contributed by atoms with Crippen molar-refractivity contribution in [3.63, 3.8) is 0 Å². The number of nitrogens with one attached hydrogen (secondary N) is 1. The maximum absolute atomic E-state index is 11.7. The number of fused-ring (bicyclic) bond motifs is 1. The second-order valence-corrected chi connectivity index (χ2v) is 5.05. The van der Waals surface area contributed by atoms with Gasteiger partial charge in [0.15, 0.2) is 0 Å². The Kier molecular flexibility index (Phi) is 4.43. The zero-order chi connectivity index (χ0) is 13.8. The molecule has 0 saturated carbocycles. The Morgan fingerprint density at radius 1 is 1.37 bits per heavy atom. The summed E-state index contributed by atoms with van der Waals surface area (Å²) in [7, 11) is 1.45. The third kappa shape index (κ3) is 2.89. The number of rotatable bonds is 3. The van der Waals surface area contributed by atoms with E-state index < -0.39 is 0 Å². The molecule has 0 bridgehead atoms. The Morgan fingerprint density at radius 2 is 2.11 bits per heavy atom. The molecule has 19 heavy (non-hydrogen) atoms. The Morgan fingerprint density at radius 3 is 2.84 bits per heavy atom. The monoisotopic (exact) mass is 262 g/mol. The van der Waals surface area contributed by atoms with Gasteiger partial charge >= 0.3 is 5.97 Å². The quantitative estimate of drug-likeness (QED) is 0.843. The van der Waals surface area contributed by atoms with E-state index >= 15 is 0 Å². The number of esters is 1. The number of anilines is 1. The molecule has 1 aromatic rings. The number of methoxy groups -OCH3 is 1. The number of nitrogens with zero attached hydrogens (tertiary/aromatic N) is 1. The zero-order valence-corrected chi connectivity index (χ0v) is 11.8. The highest BCUT2D eigenvalue weighted by atomic mass is 16.5. The molecular formula is C15H22N2O2. The van der Waals surface area contributed by atoms with Crippen molar-refractivity contribution in [2.75, 3.05) is 25.1 Å². The van der Waals surface area contributed by atoms with Crippen LogP contribution < -0.4 is 10.2 Å². The Hall–Kier alpha value is -1.55. The number of ether oxygens (including phenoxy) is 1. The van der Waals surface area contributed by atoms with Crippen LogP contribution in [0.15, 0.2) is 24.3 Å². The number of para-hydroxylation sites is 1. The first-order chi connectivity index (χ1) is 9.15. The van der Waals surface area contributed by atoms with Crippen LogP contribution in [0.4, 0.5) is 5.69 Å². The predicted molar refractivity (Wildman–Crippen MR) is 76.1 cm³/mol. The Bertz CT molecular complexity index is 448. The molecule has 1 heterocycles. The molecule has 104 valence electrons. The summed E-state index contributed by atoms with van der Waals surface area (Å²) in [6.07, 6.45) is 0. The first kappa shape index (κ1) is 13.9. The van der Waals surface area contributed by atoms with Crippen molar-refractivity contribution in [3.8, 4) is 0 Å². The summed E-state index contributed by atoms with van der Waals surface area (Å²) in [6, 6.07) is 8.48. The molecule has 1 aliphatic rings. The smallest absolute Gasteiger partial charge is 0.310 e. The number of hydrogen-bond acceptors (Lipinski definition) is 4. The number of benzene rings is 1. The number of carbonyl (C=O) groups is 1. The summed E-state index contributed by atoms with van der Waals surface area (Å²) in [5.41, 5.74) is 2.50. The fourth-order valence-electron chi connectivity index (χ4n) is 2.56. The molecule has 2 unspecified atom stereocenters. The molecule has 2 atom stereocenters. The average molecular weight is 262 g/mol. The van der Waals surface area contributed by atoms with Gasteiger partial charge in [-0.15, -0.1) is 0 Å². The predicted octanol–water partition coefficient (Wildman–Crippen LogP) is 1.79. The van der Waals surface area contributed by atoms with Crippen LogP contribution in [-0.4, -0.2) is 32.2 Å². The third-order valence-electron chi connectivity index (χ3n) is 3.93. The molecule has 0 aliphatic carbocycles. The fraction of sp³-hybridized carbons (Fsp3) is 0.533. The van der Waals surface area contributed by atoms with Crippen LogP contribution in [0.3, 0.4) is 0 Å². The topological polar surface area (TPSA) is 41.6 Å². The first-order valence-electron chi connectivity index (χ1n) is 6.78. The lowest BCUT2D eigenvalue weighted by Crippen LogP contribution is -2.43. The highest BCUT2D eigenvalue weighted by Gasteiger charge is 2.28. The van der Waals surface area contributed by atoms with Crippen molar-refractivity contribution in [1.29, 1.82) is 0 Å². The van der Waals surface area contributed by atoms with Crippen molar-refractivity contribution in [2.45, 2.75) is 26.4 Å². The summed E-state index contributed by atoms with van der Waals surface area (Å²) in [5.74, 6) is -0.293. The average Bonchev–Trinajstić information content (AvgIpc) is 2.67. The molecule has 0 aromatic heterocycles. The van der Waals surface area contributed by atoms with Gasteiger partial charge in [-0.3, -0.25) is 4.79 Å². The second-order valence-electron chi connectivity index (χ2n) is 5.05. The van der Waals surface area contributed by atoms with Crippen LogP contribution in [0.5, 0.6) is 0 Å². The maximum Gasteiger partial charge on any atom is 0.310 e. The van der Waals surface area contributed by atoms with Crippen LogP contribution in [-0.2, 0) is 16.1 Å². The van der Waals surface area contributed by atoms with Gasteiger partial charge in [0.1, 0.15) is 0 Å². The SMILES string of the molecule is COC(=O)C(C)C(C)N1CCNCc2ccccc21. The van der Waals surface area contributed by atoms with Gasteiger partial charge in [-0.2, -0.15) is 0 Å². The van der Waals surface area contributed by atoms with E-state index in [1.807, 2.05) is 13.0 Å². The van der Waals surface area contributed by atoms with Gasteiger partial charge in [0, 0.05) is 31.4 Å². The molecule has 0 radical (unpaired) electrons. The molecule has 1 N–H and O–H groups in total. The van der Waals surface area contributed by atoms with Gasteiger partial charge in [-0.1, -0.05) is 18.2 Å². The summed E-state index contributed by atoms with van der Waals surface area (Å²) >= 11 is 0. The van der Waals surface area contributed by atoms with Gasteiger partial charge in [-0.05, 0) is 25.5 Å². The summed E-state index contributed by atoms with van der Waals surface area (Å²) in [6.45, 7) is 6.72. The summed E-state index contributed by atoms with van der Waals surface area (Å²) in [5, 5.41) is 3.41. The molecule has 1 aromatic carbocycles. The standard InChI is InChI=1S/C15H22N2O2/c1-11(15(18)19-3)12(2)17-9-8-16-10-13-6-4-5-7-14(13)17/h4-7,11-12,16H,8-10H2,1-3H3. The van der Waals surface area contributed by atoms with Crippen LogP contribution >= 0.6 is 0 Å². The van der Waals surface area contributed by atoms with Gasteiger partial charge in [0.25, 0.3) is 0 Å². The molecule has 0 fully saturated rings. The maximum atomic E-state index is 11.7. The highest BCUT2D eigenvalue weighted by molar-refractivity contribution is 5.73. The molecule has 1 aliphatic heterocycles. The molecule has 2 rings (SSSR count). The van der Waals surface area contributed by atoms with E-state index in [1.165, 1.54) is 18.4 Å². The minimum atomic E-state index is -0.151. The first-order valence-corrected chi connectivity index (χ1v) is 6.78. The van der Waals surface area contributed by atoms with Crippen molar-refractivity contribution < 1.29 is 9.53 Å². The highest BCUT2D eigenvalue weighted by Crippen LogP contribution is 2.26. The van der Waals surface area contributed by atoms with Crippen LogP contribution in [0.1, 0.15) is 19.4 Å². The Balaban J connectivity index is 2.26. The lowest BCUT2D eigenvalue weighted by molar-refractivity contribution is -0.145. The van der Waals surface area contributed by atoms with E-state index in [2.05, 4.69) is 35.3 Å². The zero-order valence-electron chi connectivity index (χ0n) is 11.8. The van der Waals surface area contributed by atoms with Crippen molar-refractivity contribution in [3.05, 3.63) is 29.8 Å². The van der Waals surface area contributed by atoms with E-state index in [-0.39, 0.29) is 17.9 Å². The molecule has 4 heteroatoms. The summed E-state index contributed by atoms with van der Waals surface area (Å²) < 4.78 is 4.86. The molecule has 0 amide bonds. The second kappa shape index (κ2) is 6.06. The van der Waals surface area contributed by atoms with Gasteiger partial charge < -0.3 is 15.0 Å². The minimum Gasteiger partial charge on any atom is -0.469 e. The van der Waals surface area contributed by atoms with Gasteiger partial charge in [0.2, 0.25) is 0 Å². The van der Waals surface area contributed by atoms with Crippen LogP contribution in [0, 0.1) is 5.92 Å². The minimum absolute atomic E-state index is 0.119. The molecule has 0 spiro atoms. The fourth-order valence-corrected chi connectivity index (χ4v) is 2.56. The van der Waals surface area contributed by atoms with Gasteiger partial charge in [0.05, 0.1) is 13.0 Å². The summed E-state index contributed by atoms with van der Waals surface area (Å²) in [4.78, 5) is 14.0. The number of carbonyl (C=O) groups excluding carboxylic acids is 1. The van der Waals surface area contributed by atoms with Crippen LogP contribution in [0.2, 0.25) is 0 Å². The molecule has 4 nitrogen and oxygen atoms in total. The van der Waals surface area contributed by atoms with E-state index in [0.717, 1.165) is 19.6 Å². The molecular weight excluding hydrogens is 240 g/mol. The van der Waals surface area contributed by atoms with E-state index in [0.29, 0.717) is 0 Å². The van der Waals surface area contributed by atoms with E-state index in [9.17, 15) is 4.79 Å². The largest absolute Gasteiger partial charge is 0.469 e. The van der Waals surface area contributed by atoms with E-state index in [4.69, 9.17) is 4.74 Å². The lowest BCUT2D eigenvalue weighted by atomic mass is 10.0. The normalized spacial score (nSPS) is 18.2. The van der Waals surface area contributed by atoms with Crippen LogP contribution in [0.25, 0.3) is 0 Å². The van der Waals surface area contributed by atoms with E-state index in [1.54, 1.807) is 0 Å². The third-order valence-corrected chi connectivity index (χ3v) is 3.93. The van der Waals surface area contributed by atoms with Crippen molar-refractivity contribution in [1.82, 2.24) is 5.32 Å². The number of hydrogen-bond donors (Lipinski definition) is 1. The van der Waals surface area contributed by atoms with Gasteiger partial charge in [-0.25, -0.2) is 0 Å². The molecule has 0 saturated heterocycles. The van der Waals surface area contributed by atoms with Crippen molar-refractivity contribution in [2.24, 2.45) is 5.92 Å².